The summed E-state index contributed by atoms with van der Waals surface area (Å²) < 4.78 is 9.35. The molecule has 0 saturated heterocycles. The van der Waals surface area contributed by atoms with Gasteiger partial charge in [0.2, 0.25) is 0 Å². The van der Waals surface area contributed by atoms with Crippen molar-refractivity contribution in [3.05, 3.63) is 35.7 Å². The lowest BCUT2D eigenvalue weighted by Crippen LogP contribution is -2.03. The molecule has 0 fully saturated rings. The zero-order valence-electron chi connectivity index (χ0n) is 10.4. The van der Waals surface area contributed by atoms with E-state index >= 15 is 0 Å². The summed E-state index contributed by atoms with van der Waals surface area (Å²) in [5.41, 5.74) is 1.01. The summed E-state index contributed by atoms with van der Waals surface area (Å²) in [7, 11) is 1.30. The highest BCUT2D eigenvalue weighted by molar-refractivity contribution is 5.87. The van der Waals surface area contributed by atoms with Crippen LogP contribution in [0, 0.1) is 0 Å². The number of hydrogen-bond donors (Lipinski definition) is 0. The van der Waals surface area contributed by atoms with Crippen molar-refractivity contribution in [1.29, 1.82) is 0 Å². The first-order valence-electron chi connectivity index (χ1n) is 5.54. The number of carbonyl (C=O) groups excluding carboxylic acids is 2. The zero-order valence-corrected chi connectivity index (χ0v) is 10.4. The van der Waals surface area contributed by atoms with Crippen LogP contribution in [0.25, 0.3) is 6.08 Å². The SMILES string of the molecule is CCOC(=O)CC=Cc1ccnc(C(=O)OC)c1. The lowest BCUT2D eigenvalue weighted by atomic mass is 10.2. The minimum absolute atomic E-state index is 0.198. The van der Waals surface area contributed by atoms with Gasteiger partial charge >= 0.3 is 11.9 Å². The Balaban J connectivity index is 2.64. The molecule has 18 heavy (non-hydrogen) atoms. The second-order valence-electron chi connectivity index (χ2n) is 3.38. The predicted molar refractivity (Wildman–Crippen MR) is 65.9 cm³/mol. The maximum Gasteiger partial charge on any atom is 0.356 e. The van der Waals surface area contributed by atoms with Gasteiger partial charge in [-0.15, -0.1) is 0 Å². The minimum Gasteiger partial charge on any atom is -0.466 e. The summed E-state index contributed by atoms with van der Waals surface area (Å²) in [4.78, 5) is 26.2. The second kappa shape index (κ2) is 7.21. The maximum atomic E-state index is 11.2. The Morgan fingerprint density at radius 1 is 1.44 bits per heavy atom. The van der Waals surface area contributed by atoms with Crippen LogP contribution in [0.3, 0.4) is 0 Å². The molecule has 0 amide bonds. The van der Waals surface area contributed by atoms with Crippen LogP contribution in [0.1, 0.15) is 29.4 Å². The van der Waals surface area contributed by atoms with Crippen LogP contribution in [-0.4, -0.2) is 30.6 Å². The van der Waals surface area contributed by atoms with E-state index in [0.29, 0.717) is 6.61 Å². The van der Waals surface area contributed by atoms with E-state index in [9.17, 15) is 9.59 Å². The summed E-state index contributed by atoms with van der Waals surface area (Å²) in [5, 5.41) is 0. The zero-order chi connectivity index (χ0) is 13.4. The number of hydrogen-bond acceptors (Lipinski definition) is 5. The quantitative estimate of drug-likeness (QED) is 0.745. The van der Waals surface area contributed by atoms with E-state index < -0.39 is 5.97 Å². The van der Waals surface area contributed by atoms with Crippen LogP contribution in [0.2, 0.25) is 0 Å². The van der Waals surface area contributed by atoms with Gasteiger partial charge in [0, 0.05) is 6.20 Å². The van der Waals surface area contributed by atoms with Crippen molar-refractivity contribution >= 4 is 18.0 Å². The molecule has 1 aromatic rings. The minimum atomic E-state index is -0.490. The highest BCUT2D eigenvalue weighted by Gasteiger charge is 2.06. The number of aromatic nitrogens is 1. The molecule has 0 N–H and O–H groups in total. The van der Waals surface area contributed by atoms with Crippen LogP contribution in [-0.2, 0) is 14.3 Å². The Morgan fingerprint density at radius 2 is 2.22 bits per heavy atom. The molecule has 1 aromatic heterocycles. The molecule has 1 heterocycles. The molecule has 0 radical (unpaired) electrons. The van der Waals surface area contributed by atoms with Crippen molar-refractivity contribution in [2.24, 2.45) is 0 Å². The van der Waals surface area contributed by atoms with Crippen LogP contribution < -0.4 is 0 Å². The standard InChI is InChI=1S/C13H15NO4/c1-3-18-12(15)6-4-5-10-7-8-14-11(9-10)13(16)17-2/h4-5,7-9H,3,6H2,1-2H3. The molecule has 5 nitrogen and oxygen atoms in total. The van der Waals surface area contributed by atoms with E-state index in [2.05, 4.69) is 9.72 Å². The summed E-state index contributed by atoms with van der Waals surface area (Å²) in [6, 6.07) is 3.32. The lowest BCUT2D eigenvalue weighted by molar-refractivity contribution is -0.142. The monoisotopic (exact) mass is 249 g/mol. The summed E-state index contributed by atoms with van der Waals surface area (Å²) in [5.74, 6) is -0.772. The van der Waals surface area contributed by atoms with E-state index in [1.165, 1.54) is 13.3 Å². The third-order valence-corrected chi connectivity index (χ3v) is 2.08. The number of esters is 2. The predicted octanol–water partition coefficient (Wildman–Crippen LogP) is 1.83. The molecule has 0 saturated carbocycles. The average Bonchev–Trinajstić information content (AvgIpc) is 2.38. The highest BCUT2D eigenvalue weighted by Crippen LogP contribution is 2.06. The Bertz CT molecular complexity index is 454. The van der Waals surface area contributed by atoms with Crippen molar-refractivity contribution in [2.75, 3.05) is 13.7 Å². The van der Waals surface area contributed by atoms with Gasteiger partial charge in [0.15, 0.2) is 0 Å². The second-order valence-corrected chi connectivity index (χ2v) is 3.38. The Labute approximate surface area is 105 Å². The summed E-state index contributed by atoms with van der Waals surface area (Å²) in [6.07, 6.45) is 5.11. The summed E-state index contributed by atoms with van der Waals surface area (Å²) >= 11 is 0. The van der Waals surface area contributed by atoms with Gasteiger partial charge in [-0.3, -0.25) is 4.79 Å². The number of methoxy groups -OCH3 is 1. The molecule has 0 aliphatic carbocycles. The fourth-order valence-corrected chi connectivity index (χ4v) is 1.28. The van der Waals surface area contributed by atoms with Crippen LogP contribution >= 0.6 is 0 Å². The molecule has 0 spiro atoms. The number of ether oxygens (including phenoxy) is 2. The molecule has 0 aliphatic heterocycles. The molecule has 0 bridgehead atoms. The van der Waals surface area contributed by atoms with Gasteiger partial charge in [-0.1, -0.05) is 12.2 Å². The van der Waals surface area contributed by atoms with Gasteiger partial charge in [0.05, 0.1) is 20.1 Å². The van der Waals surface area contributed by atoms with Gasteiger partial charge in [0.25, 0.3) is 0 Å². The molecule has 0 unspecified atom stereocenters. The Kier molecular flexibility index (Phi) is 5.57. The van der Waals surface area contributed by atoms with Gasteiger partial charge in [-0.25, -0.2) is 9.78 Å². The maximum absolute atomic E-state index is 11.2. The van der Waals surface area contributed by atoms with Crippen LogP contribution in [0.5, 0.6) is 0 Å². The van der Waals surface area contributed by atoms with E-state index in [1.807, 2.05) is 0 Å². The largest absolute Gasteiger partial charge is 0.466 e. The molecule has 1 rings (SSSR count). The topological polar surface area (TPSA) is 65.5 Å². The molecule has 96 valence electrons. The Hall–Kier alpha value is -2.17. The van der Waals surface area contributed by atoms with Crippen LogP contribution in [0.4, 0.5) is 0 Å². The summed E-state index contributed by atoms with van der Waals surface area (Å²) in [6.45, 7) is 2.13. The fraction of sp³-hybridized carbons (Fsp3) is 0.308. The molecule has 0 atom stereocenters. The first kappa shape index (κ1) is 13.9. The lowest BCUT2D eigenvalue weighted by Gasteiger charge is -1.99. The number of pyridine rings is 1. The highest BCUT2D eigenvalue weighted by atomic mass is 16.5. The molecule has 0 aromatic carbocycles. The third-order valence-electron chi connectivity index (χ3n) is 2.08. The van der Waals surface area contributed by atoms with Crippen LogP contribution in [0.15, 0.2) is 24.4 Å². The fourth-order valence-electron chi connectivity index (χ4n) is 1.28. The van der Waals surface area contributed by atoms with Gasteiger partial charge in [-0.2, -0.15) is 0 Å². The van der Waals surface area contributed by atoms with E-state index in [1.54, 1.807) is 31.2 Å². The van der Waals surface area contributed by atoms with Crippen molar-refractivity contribution in [3.8, 4) is 0 Å². The third kappa shape index (κ3) is 4.37. The van der Waals surface area contributed by atoms with E-state index in [0.717, 1.165) is 5.56 Å². The smallest absolute Gasteiger partial charge is 0.356 e. The van der Waals surface area contributed by atoms with Crippen molar-refractivity contribution in [2.45, 2.75) is 13.3 Å². The van der Waals surface area contributed by atoms with Crippen molar-refractivity contribution in [3.63, 3.8) is 0 Å². The Morgan fingerprint density at radius 3 is 2.89 bits per heavy atom. The number of carbonyl (C=O) groups is 2. The van der Waals surface area contributed by atoms with E-state index in [4.69, 9.17) is 4.74 Å². The van der Waals surface area contributed by atoms with Gasteiger partial charge < -0.3 is 9.47 Å². The normalized spacial score (nSPS) is 10.3. The van der Waals surface area contributed by atoms with Crippen molar-refractivity contribution in [1.82, 2.24) is 4.98 Å². The number of rotatable bonds is 5. The van der Waals surface area contributed by atoms with Crippen molar-refractivity contribution < 1.29 is 19.1 Å². The van der Waals surface area contributed by atoms with E-state index in [-0.39, 0.29) is 18.1 Å². The van der Waals surface area contributed by atoms with Gasteiger partial charge in [-0.05, 0) is 24.6 Å². The van der Waals surface area contributed by atoms with Gasteiger partial charge in [0.1, 0.15) is 5.69 Å². The number of nitrogens with zero attached hydrogens (tertiary/aromatic N) is 1. The molecular weight excluding hydrogens is 234 g/mol. The average molecular weight is 249 g/mol. The molecule has 5 heteroatoms. The first-order valence-corrected chi connectivity index (χ1v) is 5.54. The molecular formula is C13H15NO4. The molecule has 0 aliphatic rings. The first-order chi connectivity index (χ1) is 8.67.